The lowest BCUT2D eigenvalue weighted by molar-refractivity contribution is 0.433. The van der Waals surface area contributed by atoms with Gasteiger partial charge in [-0.1, -0.05) is 24.9 Å². The molecule has 5 heteroatoms. The minimum atomic E-state index is 0.319. The summed E-state index contributed by atoms with van der Waals surface area (Å²) >= 11 is 0. The first-order valence-corrected chi connectivity index (χ1v) is 6.61. The van der Waals surface area contributed by atoms with Crippen LogP contribution in [0.15, 0.2) is 4.42 Å². The molecule has 1 aromatic rings. The van der Waals surface area contributed by atoms with E-state index in [1.54, 1.807) is 0 Å². The lowest BCUT2D eigenvalue weighted by Gasteiger charge is -2.17. The molecule has 0 bridgehead atoms. The van der Waals surface area contributed by atoms with Gasteiger partial charge in [-0.25, -0.2) is 0 Å². The summed E-state index contributed by atoms with van der Waals surface area (Å²) in [4.78, 5) is 2.20. The van der Waals surface area contributed by atoms with Crippen LogP contribution in [0.1, 0.15) is 44.9 Å². The summed E-state index contributed by atoms with van der Waals surface area (Å²) in [6, 6.07) is 0.641. The van der Waals surface area contributed by atoms with Crippen LogP contribution in [0.4, 0.5) is 6.01 Å². The van der Waals surface area contributed by atoms with Crippen LogP contribution < -0.4 is 10.6 Å². The molecule has 0 spiro atoms. The monoisotopic (exact) mass is 238 g/mol. The number of hydrogen-bond donors (Lipinski definition) is 1. The van der Waals surface area contributed by atoms with Gasteiger partial charge in [-0.3, -0.25) is 0 Å². The molecule has 1 aliphatic rings. The molecular weight excluding hydrogens is 216 g/mol. The molecule has 1 aliphatic heterocycles. The molecule has 2 heterocycles. The van der Waals surface area contributed by atoms with Crippen LogP contribution in [0.25, 0.3) is 0 Å². The first kappa shape index (κ1) is 12.4. The third-order valence-corrected chi connectivity index (χ3v) is 3.45. The van der Waals surface area contributed by atoms with Crippen LogP contribution in [0.5, 0.6) is 0 Å². The highest BCUT2D eigenvalue weighted by Gasteiger charge is 2.20. The lowest BCUT2D eigenvalue weighted by atomic mass is 9.96. The van der Waals surface area contributed by atoms with Crippen molar-refractivity contribution in [1.82, 2.24) is 10.2 Å². The number of anilines is 1. The molecule has 1 unspecified atom stereocenters. The van der Waals surface area contributed by atoms with Gasteiger partial charge in [0.25, 0.3) is 0 Å². The van der Waals surface area contributed by atoms with Gasteiger partial charge in [0, 0.05) is 13.1 Å². The fourth-order valence-corrected chi connectivity index (χ4v) is 2.51. The van der Waals surface area contributed by atoms with E-state index >= 15 is 0 Å². The Hall–Kier alpha value is -1.10. The molecule has 1 fully saturated rings. The molecule has 2 rings (SSSR count). The Morgan fingerprint density at radius 3 is 2.94 bits per heavy atom. The van der Waals surface area contributed by atoms with E-state index < -0.39 is 0 Å². The average Bonchev–Trinajstić information content (AvgIpc) is 2.70. The SMILES string of the molecule is CCCC1CCCN(c2nnc(CN)o2)CC1. The fraction of sp³-hybridized carbons (Fsp3) is 0.833. The second kappa shape index (κ2) is 6.00. The van der Waals surface area contributed by atoms with Crippen LogP contribution in [-0.2, 0) is 6.54 Å². The third kappa shape index (κ3) is 3.19. The van der Waals surface area contributed by atoms with Crippen molar-refractivity contribution in [2.75, 3.05) is 18.0 Å². The number of nitrogens with two attached hydrogens (primary N) is 1. The normalized spacial score (nSPS) is 21.5. The van der Waals surface area contributed by atoms with Crippen molar-refractivity contribution in [2.24, 2.45) is 11.7 Å². The maximum atomic E-state index is 5.50. The predicted octanol–water partition coefficient (Wildman–Crippen LogP) is 1.93. The van der Waals surface area contributed by atoms with Gasteiger partial charge < -0.3 is 15.1 Å². The summed E-state index contributed by atoms with van der Waals surface area (Å²) in [5, 5.41) is 7.97. The summed E-state index contributed by atoms with van der Waals surface area (Å²) in [6.45, 7) is 4.62. The van der Waals surface area contributed by atoms with E-state index in [-0.39, 0.29) is 0 Å². The van der Waals surface area contributed by atoms with Crippen molar-refractivity contribution in [3.8, 4) is 0 Å². The Kier molecular flexibility index (Phi) is 4.36. The van der Waals surface area contributed by atoms with Crippen LogP contribution in [-0.4, -0.2) is 23.3 Å². The molecule has 1 atom stereocenters. The van der Waals surface area contributed by atoms with Crippen LogP contribution in [0, 0.1) is 5.92 Å². The van der Waals surface area contributed by atoms with Gasteiger partial charge >= 0.3 is 6.01 Å². The number of nitrogens with zero attached hydrogens (tertiary/aromatic N) is 3. The molecule has 17 heavy (non-hydrogen) atoms. The Bertz CT molecular complexity index is 339. The topological polar surface area (TPSA) is 68.2 Å². The Morgan fingerprint density at radius 1 is 1.35 bits per heavy atom. The molecular formula is C12H22N4O. The molecule has 0 radical (unpaired) electrons. The second-order valence-corrected chi connectivity index (χ2v) is 4.76. The van der Waals surface area contributed by atoms with E-state index in [0.717, 1.165) is 19.0 Å². The predicted molar refractivity (Wildman–Crippen MR) is 66.7 cm³/mol. The lowest BCUT2D eigenvalue weighted by Crippen LogP contribution is -2.24. The standard InChI is InChI=1S/C12H22N4O/c1-2-4-10-5-3-7-16(8-6-10)12-15-14-11(9-13)17-12/h10H,2-9,13H2,1H3. The van der Waals surface area contributed by atoms with Crippen molar-refractivity contribution < 1.29 is 4.42 Å². The van der Waals surface area contributed by atoms with E-state index in [0.29, 0.717) is 18.5 Å². The number of aromatic nitrogens is 2. The largest absolute Gasteiger partial charge is 0.407 e. The highest BCUT2D eigenvalue weighted by Crippen LogP contribution is 2.24. The molecule has 0 amide bonds. The van der Waals surface area contributed by atoms with Crippen molar-refractivity contribution in [1.29, 1.82) is 0 Å². The van der Waals surface area contributed by atoms with Crippen LogP contribution >= 0.6 is 0 Å². The molecule has 0 aromatic carbocycles. The van der Waals surface area contributed by atoms with Gasteiger partial charge in [-0.05, 0) is 25.2 Å². The highest BCUT2D eigenvalue weighted by molar-refractivity contribution is 5.24. The zero-order chi connectivity index (χ0) is 12.1. The summed E-state index contributed by atoms with van der Waals surface area (Å²) in [5.41, 5.74) is 5.47. The highest BCUT2D eigenvalue weighted by atomic mass is 16.4. The van der Waals surface area contributed by atoms with Gasteiger partial charge in [0.15, 0.2) is 0 Å². The van der Waals surface area contributed by atoms with Crippen LogP contribution in [0.3, 0.4) is 0 Å². The maximum Gasteiger partial charge on any atom is 0.318 e. The van der Waals surface area contributed by atoms with Crippen molar-refractivity contribution in [3.63, 3.8) is 0 Å². The number of rotatable bonds is 4. The summed E-state index contributed by atoms with van der Waals surface area (Å²) in [6.07, 6.45) is 6.38. The molecule has 2 N–H and O–H groups in total. The molecule has 5 nitrogen and oxygen atoms in total. The maximum absolute atomic E-state index is 5.50. The number of hydrogen-bond acceptors (Lipinski definition) is 5. The average molecular weight is 238 g/mol. The first-order valence-electron chi connectivity index (χ1n) is 6.61. The quantitative estimate of drug-likeness (QED) is 0.868. The molecule has 0 aliphatic carbocycles. The molecule has 0 saturated carbocycles. The fourth-order valence-electron chi connectivity index (χ4n) is 2.51. The second-order valence-electron chi connectivity index (χ2n) is 4.76. The Labute approximate surface area is 102 Å². The third-order valence-electron chi connectivity index (χ3n) is 3.45. The minimum Gasteiger partial charge on any atom is -0.407 e. The van der Waals surface area contributed by atoms with E-state index in [4.69, 9.17) is 10.2 Å². The van der Waals surface area contributed by atoms with Crippen molar-refractivity contribution >= 4 is 6.01 Å². The minimum absolute atomic E-state index is 0.319. The van der Waals surface area contributed by atoms with Gasteiger partial charge in [0.1, 0.15) is 0 Å². The molecule has 1 saturated heterocycles. The Morgan fingerprint density at radius 2 is 2.24 bits per heavy atom. The summed E-state index contributed by atoms with van der Waals surface area (Å²) in [5.74, 6) is 1.39. The van der Waals surface area contributed by atoms with E-state index in [9.17, 15) is 0 Å². The zero-order valence-corrected chi connectivity index (χ0v) is 10.6. The van der Waals surface area contributed by atoms with Gasteiger partial charge in [-0.15, -0.1) is 5.10 Å². The van der Waals surface area contributed by atoms with E-state index in [1.807, 2.05) is 0 Å². The summed E-state index contributed by atoms with van der Waals surface area (Å²) < 4.78 is 5.50. The Balaban J connectivity index is 1.93. The van der Waals surface area contributed by atoms with Gasteiger partial charge in [-0.2, -0.15) is 0 Å². The smallest absolute Gasteiger partial charge is 0.318 e. The van der Waals surface area contributed by atoms with E-state index in [2.05, 4.69) is 22.0 Å². The first-order chi connectivity index (χ1) is 8.33. The molecule has 1 aromatic heterocycles. The molecule has 96 valence electrons. The zero-order valence-electron chi connectivity index (χ0n) is 10.6. The van der Waals surface area contributed by atoms with Gasteiger partial charge in [0.2, 0.25) is 5.89 Å². The van der Waals surface area contributed by atoms with Crippen molar-refractivity contribution in [2.45, 2.75) is 45.6 Å². The van der Waals surface area contributed by atoms with Crippen LogP contribution in [0.2, 0.25) is 0 Å². The van der Waals surface area contributed by atoms with Crippen molar-refractivity contribution in [3.05, 3.63) is 5.89 Å². The summed E-state index contributed by atoms with van der Waals surface area (Å²) in [7, 11) is 0. The van der Waals surface area contributed by atoms with Gasteiger partial charge in [0.05, 0.1) is 6.54 Å². The van der Waals surface area contributed by atoms with E-state index in [1.165, 1.54) is 32.1 Å².